The molecule has 2 amide bonds. The SMILES string of the molecule is O=C(/C=C/c1cccc(Cl)c1Cl)NNC(=O)c1nn(Cc2ccccc2)c(=O)c2ccccc12. The summed E-state index contributed by atoms with van der Waals surface area (Å²) in [6, 6.07) is 21.0. The fourth-order valence-corrected chi connectivity index (χ4v) is 3.67. The van der Waals surface area contributed by atoms with E-state index in [1.807, 2.05) is 30.3 Å². The largest absolute Gasteiger partial charge is 0.290 e. The molecule has 9 heteroatoms. The maximum Gasteiger partial charge on any atom is 0.290 e. The fourth-order valence-electron chi connectivity index (χ4n) is 3.30. The van der Waals surface area contributed by atoms with Gasteiger partial charge in [-0.3, -0.25) is 25.2 Å². The van der Waals surface area contributed by atoms with Gasteiger partial charge in [0.1, 0.15) is 0 Å². The summed E-state index contributed by atoms with van der Waals surface area (Å²) in [5, 5.41) is 5.68. The van der Waals surface area contributed by atoms with Gasteiger partial charge >= 0.3 is 0 Å². The van der Waals surface area contributed by atoms with E-state index in [0.29, 0.717) is 26.4 Å². The van der Waals surface area contributed by atoms with Crippen LogP contribution in [0.2, 0.25) is 10.0 Å². The highest BCUT2D eigenvalue weighted by molar-refractivity contribution is 6.42. The zero-order valence-electron chi connectivity index (χ0n) is 17.7. The smallest absolute Gasteiger partial charge is 0.268 e. The van der Waals surface area contributed by atoms with E-state index in [2.05, 4.69) is 16.0 Å². The molecule has 4 rings (SSSR count). The number of hydrazine groups is 1. The van der Waals surface area contributed by atoms with Gasteiger partial charge in [0, 0.05) is 11.5 Å². The third-order valence-electron chi connectivity index (χ3n) is 4.95. The second-order valence-electron chi connectivity index (χ2n) is 7.26. The van der Waals surface area contributed by atoms with E-state index < -0.39 is 11.8 Å². The lowest BCUT2D eigenvalue weighted by atomic mass is 10.1. The molecule has 0 spiro atoms. The van der Waals surface area contributed by atoms with E-state index in [1.165, 1.54) is 16.8 Å². The maximum atomic E-state index is 12.9. The summed E-state index contributed by atoms with van der Waals surface area (Å²) in [7, 11) is 0. The van der Waals surface area contributed by atoms with E-state index in [4.69, 9.17) is 23.2 Å². The molecule has 3 aromatic carbocycles. The Morgan fingerprint density at radius 3 is 2.35 bits per heavy atom. The molecule has 2 N–H and O–H groups in total. The lowest BCUT2D eigenvalue weighted by Crippen LogP contribution is -2.42. The number of halogens is 2. The van der Waals surface area contributed by atoms with Crippen molar-refractivity contribution >= 4 is 51.9 Å². The molecular weight excluding hydrogens is 475 g/mol. The van der Waals surface area contributed by atoms with Crippen molar-refractivity contribution in [2.45, 2.75) is 6.54 Å². The second kappa shape index (κ2) is 10.3. The van der Waals surface area contributed by atoms with Gasteiger partial charge in [0.05, 0.1) is 22.0 Å². The van der Waals surface area contributed by atoms with Gasteiger partial charge in [-0.1, -0.05) is 83.9 Å². The molecule has 4 aromatic rings. The number of nitrogens with zero attached hydrogens (tertiary/aromatic N) is 2. The highest BCUT2D eigenvalue weighted by atomic mass is 35.5. The van der Waals surface area contributed by atoms with Gasteiger partial charge in [0.2, 0.25) is 0 Å². The second-order valence-corrected chi connectivity index (χ2v) is 8.05. The molecule has 1 aromatic heterocycles. The zero-order valence-corrected chi connectivity index (χ0v) is 19.2. The van der Waals surface area contributed by atoms with Gasteiger partial charge < -0.3 is 0 Å². The summed E-state index contributed by atoms with van der Waals surface area (Å²) >= 11 is 12.1. The first-order valence-corrected chi connectivity index (χ1v) is 11.0. The van der Waals surface area contributed by atoms with E-state index >= 15 is 0 Å². The molecule has 0 aliphatic carbocycles. The Morgan fingerprint density at radius 2 is 1.59 bits per heavy atom. The van der Waals surface area contributed by atoms with Crippen LogP contribution in [0, 0.1) is 0 Å². The lowest BCUT2D eigenvalue weighted by Gasteiger charge is -2.11. The lowest BCUT2D eigenvalue weighted by molar-refractivity contribution is -0.117. The standard InChI is InChI=1S/C25H18Cl2N4O3/c26-20-12-6-9-17(22(20)27)13-14-21(32)28-29-24(33)23-18-10-4-5-11-19(18)25(34)31(30-23)15-16-7-2-1-3-8-16/h1-14H,15H2,(H,28,32)(H,29,33)/b14-13+. The van der Waals surface area contributed by atoms with E-state index in [-0.39, 0.29) is 17.8 Å². The van der Waals surface area contributed by atoms with E-state index in [9.17, 15) is 14.4 Å². The number of hydrogen-bond donors (Lipinski definition) is 2. The van der Waals surface area contributed by atoms with Crippen LogP contribution in [-0.4, -0.2) is 21.6 Å². The number of aromatic nitrogens is 2. The van der Waals surface area contributed by atoms with Crippen LogP contribution in [0.4, 0.5) is 0 Å². The Hall–Kier alpha value is -3.94. The number of hydrogen-bond acceptors (Lipinski definition) is 4. The predicted molar refractivity (Wildman–Crippen MR) is 133 cm³/mol. The van der Waals surface area contributed by atoms with Crippen LogP contribution in [0.15, 0.2) is 83.7 Å². The molecule has 170 valence electrons. The fraction of sp³-hybridized carbons (Fsp3) is 0.0400. The molecule has 0 atom stereocenters. The van der Waals surface area contributed by atoms with Crippen molar-refractivity contribution in [3.05, 3.63) is 116 Å². The topological polar surface area (TPSA) is 93.1 Å². The van der Waals surface area contributed by atoms with Crippen LogP contribution in [0.3, 0.4) is 0 Å². The zero-order chi connectivity index (χ0) is 24.1. The monoisotopic (exact) mass is 492 g/mol. The van der Waals surface area contributed by atoms with Crippen LogP contribution in [0.5, 0.6) is 0 Å². The molecule has 34 heavy (non-hydrogen) atoms. The van der Waals surface area contributed by atoms with Crippen molar-refractivity contribution in [2.24, 2.45) is 0 Å². The van der Waals surface area contributed by atoms with Gasteiger partial charge in [-0.25, -0.2) is 4.68 Å². The number of fused-ring (bicyclic) bond motifs is 1. The minimum atomic E-state index is -0.666. The molecular formula is C25H18Cl2N4O3. The highest BCUT2D eigenvalue weighted by Gasteiger charge is 2.17. The van der Waals surface area contributed by atoms with Crippen LogP contribution >= 0.6 is 23.2 Å². The summed E-state index contributed by atoms with van der Waals surface area (Å²) in [6.07, 6.45) is 2.68. The molecule has 1 heterocycles. The van der Waals surface area contributed by atoms with Crippen molar-refractivity contribution in [3.8, 4) is 0 Å². The van der Waals surface area contributed by atoms with E-state index in [0.717, 1.165) is 5.56 Å². The Morgan fingerprint density at radius 1 is 0.882 bits per heavy atom. The maximum absolute atomic E-state index is 12.9. The minimum Gasteiger partial charge on any atom is -0.268 e. The third-order valence-corrected chi connectivity index (χ3v) is 5.79. The van der Waals surface area contributed by atoms with Crippen molar-refractivity contribution < 1.29 is 9.59 Å². The Balaban J connectivity index is 1.55. The van der Waals surface area contributed by atoms with Crippen molar-refractivity contribution in [3.63, 3.8) is 0 Å². The quantitative estimate of drug-likeness (QED) is 0.322. The average molecular weight is 493 g/mol. The molecule has 0 aliphatic rings. The molecule has 0 fully saturated rings. The molecule has 7 nitrogen and oxygen atoms in total. The van der Waals surface area contributed by atoms with Crippen molar-refractivity contribution in [2.75, 3.05) is 0 Å². The summed E-state index contributed by atoms with van der Waals surface area (Å²) in [5.74, 6) is -1.26. The van der Waals surface area contributed by atoms with Gasteiger partial charge in [-0.15, -0.1) is 0 Å². The molecule has 0 unspecified atom stereocenters. The van der Waals surface area contributed by atoms with Crippen LogP contribution in [-0.2, 0) is 11.3 Å². The Bertz CT molecular complexity index is 1470. The average Bonchev–Trinajstić information content (AvgIpc) is 2.86. The van der Waals surface area contributed by atoms with Gasteiger partial charge in [-0.05, 0) is 29.3 Å². The summed E-state index contributed by atoms with van der Waals surface area (Å²) < 4.78 is 1.23. The van der Waals surface area contributed by atoms with E-state index in [1.54, 1.807) is 42.5 Å². The normalized spacial score (nSPS) is 11.0. The predicted octanol–water partition coefficient (Wildman–Crippen LogP) is 4.23. The third kappa shape index (κ3) is 5.17. The van der Waals surface area contributed by atoms with Crippen LogP contribution < -0.4 is 16.4 Å². The van der Waals surface area contributed by atoms with Gasteiger partial charge in [0.25, 0.3) is 17.4 Å². The molecule has 0 bridgehead atoms. The number of nitrogens with one attached hydrogen (secondary N) is 2. The first kappa shape index (κ1) is 23.2. The van der Waals surface area contributed by atoms with Gasteiger partial charge in [0.15, 0.2) is 5.69 Å². The number of carbonyl (C=O) groups excluding carboxylic acids is 2. The van der Waals surface area contributed by atoms with Crippen LogP contribution in [0.25, 0.3) is 16.8 Å². The summed E-state index contributed by atoms with van der Waals surface area (Å²) in [6.45, 7) is 0.195. The molecule has 0 saturated heterocycles. The number of amides is 2. The molecule has 0 saturated carbocycles. The van der Waals surface area contributed by atoms with Crippen molar-refractivity contribution in [1.82, 2.24) is 20.6 Å². The molecule has 0 radical (unpaired) electrons. The number of benzene rings is 3. The van der Waals surface area contributed by atoms with Crippen molar-refractivity contribution in [1.29, 1.82) is 0 Å². The Kier molecular flexibility index (Phi) is 7.06. The van der Waals surface area contributed by atoms with Crippen LogP contribution in [0.1, 0.15) is 21.6 Å². The summed E-state index contributed by atoms with van der Waals surface area (Å²) in [5.41, 5.74) is 5.74. The number of carbonyl (C=O) groups is 2. The Labute approximate surface area is 204 Å². The minimum absolute atomic E-state index is 0.00768. The molecule has 0 aliphatic heterocycles. The van der Waals surface area contributed by atoms with Gasteiger partial charge in [-0.2, -0.15) is 5.10 Å². The summed E-state index contributed by atoms with van der Waals surface area (Å²) in [4.78, 5) is 38.0. The number of rotatable bonds is 5. The first-order valence-electron chi connectivity index (χ1n) is 10.2. The highest BCUT2D eigenvalue weighted by Crippen LogP contribution is 2.26. The first-order chi connectivity index (χ1) is 16.4.